The third kappa shape index (κ3) is 3.95. The summed E-state index contributed by atoms with van der Waals surface area (Å²) in [6, 6.07) is 4.97. The summed E-state index contributed by atoms with van der Waals surface area (Å²) in [5, 5.41) is 12.3. The number of nitrogens with one attached hydrogen (secondary N) is 1. The second-order valence-corrected chi connectivity index (χ2v) is 10.5. The Labute approximate surface area is 207 Å². The predicted octanol–water partition coefficient (Wildman–Crippen LogP) is 2.98. The first-order valence-electron chi connectivity index (χ1n) is 12.8. The highest BCUT2D eigenvalue weighted by Gasteiger charge is 2.80. The number of aryl methyl sites for hydroxylation is 2. The van der Waals surface area contributed by atoms with Crippen molar-refractivity contribution in [2.24, 2.45) is 17.8 Å². The molecule has 35 heavy (non-hydrogen) atoms. The lowest BCUT2D eigenvalue weighted by molar-refractivity contribution is -0.160. The van der Waals surface area contributed by atoms with Crippen LogP contribution in [0.1, 0.15) is 57.6 Å². The summed E-state index contributed by atoms with van der Waals surface area (Å²) in [7, 11) is 0. The fourth-order valence-electron chi connectivity index (χ4n) is 6.64. The maximum absolute atomic E-state index is 14.0. The molecule has 0 radical (unpaired) electrons. The quantitative estimate of drug-likeness (QED) is 0.411. The maximum Gasteiger partial charge on any atom is 0.312 e. The van der Waals surface area contributed by atoms with Crippen molar-refractivity contribution in [3.8, 4) is 0 Å². The molecule has 6 atom stereocenters. The SMILES string of the molecule is CCOC(=O)[C@H]1[C@H]2C(=O)N(CCCCCO)C(C(=O)Nc3c(C)cccc3C)C23CC(C)[C@]1(C)O3. The topological polar surface area (TPSA) is 105 Å². The Balaban J connectivity index is 1.74. The average Bonchev–Trinajstić information content (AvgIpc) is 3.31. The average molecular weight is 487 g/mol. The van der Waals surface area contributed by atoms with Gasteiger partial charge in [-0.05, 0) is 70.4 Å². The molecule has 3 aliphatic rings. The van der Waals surface area contributed by atoms with Gasteiger partial charge in [-0.3, -0.25) is 14.4 Å². The molecule has 2 N–H and O–H groups in total. The molecule has 3 unspecified atom stereocenters. The number of rotatable bonds is 9. The second kappa shape index (κ2) is 9.54. The molecule has 3 saturated heterocycles. The molecule has 8 heteroatoms. The lowest BCUT2D eigenvalue weighted by Crippen LogP contribution is -2.54. The van der Waals surface area contributed by atoms with Gasteiger partial charge in [-0.25, -0.2) is 0 Å². The molecular weight excluding hydrogens is 448 g/mol. The number of ether oxygens (including phenoxy) is 2. The van der Waals surface area contributed by atoms with Gasteiger partial charge < -0.3 is 24.8 Å². The van der Waals surface area contributed by atoms with Crippen molar-refractivity contribution in [1.82, 2.24) is 4.90 Å². The molecule has 0 saturated carbocycles. The lowest BCUT2D eigenvalue weighted by Gasteiger charge is -2.35. The van der Waals surface area contributed by atoms with Crippen molar-refractivity contribution in [3.63, 3.8) is 0 Å². The number of likely N-dealkylation sites (tertiary alicyclic amines) is 1. The molecule has 2 amide bonds. The highest BCUT2D eigenvalue weighted by atomic mass is 16.6. The number of fused-ring (bicyclic) bond motifs is 1. The third-order valence-corrected chi connectivity index (χ3v) is 8.39. The van der Waals surface area contributed by atoms with E-state index in [0.717, 1.165) is 23.2 Å². The molecule has 3 fully saturated rings. The van der Waals surface area contributed by atoms with Crippen molar-refractivity contribution >= 4 is 23.5 Å². The van der Waals surface area contributed by atoms with Gasteiger partial charge in [-0.1, -0.05) is 25.1 Å². The zero-order valence-electron chi connectivity index (χ0n) is 21.4. The van der Waals surface area contributed by atoms with Gasteiger partial charge in [-0.15, -0.1) is 0 Å². The minimum Gasteiger partial charge on any atom is -0.466 e. The van der Waals surface area contributed by atoms with E-state index in [-0.39, 0.29) is 30.9 Å². The number of carbonyl (C=O) groups excluding carboxylic acids is 3. The number of para-hydroxylation sites is 1. The first kappa shape index (κ1) is 25.6. The van der Waals surface area contributed by atoms with Crippen molar-refractivity contribution in [1.29, 1.82) is 0 Å². The van der Waals surface area contributed by atoms with Crippen LogP contribution in [0.3, 0.4) is 0 Å². The first-order valence-corrected chi connectivity index (χ1v) is 12.8. The number of amides is 2. The van der Waals surface area contributed by atoms with E-state index in [2.05, 4.69) is 5.32 Å². The zero-order chi connectivity index (χ0) is 25.5. The van der Waals surface area contributed by atoms with Gasteiger partial charge in [0, 0.05) is 18.8 Å². The van der Waals surface area contributed by atoms with E-state index < -0.39 is 35.0 Å². The number of anilines is 1. The van der Waals surface area contributed by atoms with Gasteiger partial charge in [-0.2, -0.15) is 0 Å². The normalized spacial score (nSPS) is 33.2. The number of esters is 1. The molecule has 0 aromatic heterocycles. The number of nitrogens with zero attached hydrogens (tertiary/aromatic N) is 1. The summed E-state index contributed by atoms with van der Waals surface area (Å²) in [4.78, 5) is 42.6. The van der Waals surface area contributed by atoms with Gasteiger partial charge in [0.05, 0.1) is 18.1 Å². The van der Waals surface area contributed by atoms with Crippen molar-refractivity contribution in [3.05, 3.63) is 29.3 Å². The smallest absolute Gasteiger partial charge is 0.312 e. The third-order valence-electron chi connectivity index (χ3n) is 8.39. The Morgan fingerprint density at radius 3 is 2.54 bits per heavy atom. The van der Waals surface area contributed by atoms with Gasteiger partial charge in [0.15, 0.2) is 0 Å². The number of hydrogen-bond donors (Lipinski definition) is 2. The first-order chi connectivity index (χ1) is 16.6. The van der Waals surface area contributed by atoms with Crippen molar-refractivity contribution in [2.45, 2.75) is 77.5 Å². The lowest BCUT2D eigenvalue weighted by atomic mass is 9.62. The molecule has 3 aliphatic heterocycles. The molecule has 1 spiro atoms. The number of carbonyl (C=O) groups is 3. The Hall–Kier alpha value is -2.45. The fraction of sp³-hybridized carbons (Fsp3) is 0.667. The molecule has 0 aliphatic carbocycles. The van der Waals surface area contributed by atoms with Crippen LogP contribution in [0.25, 0.3) is 0 Å². The van der Waals surface area contributed by atoms with Gasteiger partial charge in [0.2, 0.25) is 11.8 Å². The zero-order valence-corrected chi connectivity index (χ0v) is 21.4. The molecule has 4 rings (SSSR count). The second-order valence-electron chi connectivity index (χ2n) is 10.5. The van der Waals surface area contributed by atoms with Crippen LogP contribution in [0.4, 0.5) is 5.69 Å². The van der Waals surface area contributed by atoms with Gasteiger partial charge in [0.1, 0.15) is 17.6 Å². The highest BCUT2D eigenvalue weighted by Crippen LogP contribution is 2.65. The van der Waals surface area contributed by atoms with Crippen LogP contribution >= 0.6 is 0 Å². The van der Waals surface area contributed by atoms with Crippen LogP contribution in [0.5, 0.6) is 0 Å². The summed E-state index contributed by atoms with van der Waals surface area (Å²) in [6.45, 7) is 10.2. The molecule has 1 aromatic carbocycles. The van der Waals surface area contributed by atoms with Crippen LogP contribution in [0.2, 0.25) is 0 Å². The number of hydrogen-bond acceptors (Lipinski definition) is 6. The van der Waals surface area contributed by atoms with E-state index in [4.69, 9.17) is 9.47 Å². The van der Waals surface area contributed by atoms with Crippen LogP contribution < -0.4 is 5.32 Å². The fourth-order valence-corrected chi connectivity index (χ4v) is 6.64. The number of benzene rings is 1. The minimum atomic E-state index is -1.08. The summed E-state index contributed by atoms with van der Waals surface area (Å²) < 4.78 is 12.1. The van der Waals surface area contributed by atoms with Crippen LogP contribution in [-0.4, -0.2) is 64.8 Å². The van der Waals surface area contributed by atoms with Gasteiger partial charge in [0.25, 0.3) is 0 Å². The molecular formula is C27H38N2O6. The number of aliphatic hydroxyl groups excluding tert-OH is 1. The van der Waals surface area contributed by atoms with Gasteiger partial charge >= 0.3 is 5.97 Å². The van der Waals surface area contributed by atoms with Crippen molar-refractivity contribution < 1.29 is 29.0 Å². The predicted molar refractivity (Wildman–Crippen MR) is 131 cm³/mol. The van der Waals surface area contributed by atoms with E-state index >= 15 is 0 Å². The molecule has 1 aromatic rings. The van der Waals surface area contributed by atoms with Crippen molar-refractivity contribution in [2.75, 3.05) is 25.1 Å². The van der Waals surface area contributed by atoms with Crippen LogP contribution in [0, 0.1) is 31.6 Å². The van der Waals surface area contributed by atoms with E-state index in [0.29, 0.717) is 25.8 Å². The summed E-state index contributed by atoms with van der Waals surface area (Å²) in [5.74, 6) is -2.47. The molecule has 3 heterocycles. The number of aliphatic hydroxyl groups is 1. The van der Waals surface area contributed by atoms with E-state index in [1.54, 1.807) is 11.8 Å². The Bertz CT molecular complexity index is 991. The molecule has 8 nitrogen and oxygen atoms in total. The van der Waals surface area contributed by atoms with E-state index in [9.17, 15) is 19.5 Å². The Morgan fingerprint density at radius 2 is 1.91 bits per heavy atom. The Kier molecular flexibility index (Phi) is 6.99. The Morgan fingerprint density at radius 1 is 1.23 bits per heavy atom. The largest absolute Gasteiger partial charge is 0.466 e. The highest BCUT2D eigenvalue weighted by molar-refractivity contribution is 6.04. The summed E-state index contributed by atoms with van der Waals surface area (Å²) in [5.41, 5.74) is 0.659. The van der Waals surface area contributed by atoms with Crippen LogP contribution in [0.15, 0.2) is 18.2 Å². The maximum atomic E-state index is 14.0. The minimum absolute atomic E-state index is 0.0224. The standard InChI is InChI=1S/C27H38N2O6/c1-6-34-25(33)20-19-24(32)29(13-8-7-9-14-30)22(27(19)15-18(4)26(20,5)35-27)23(31)28-21-16(2)11-10-12-17(21)3/h10-12,18-20,22,30H,6-9,13-15H2,1-5H3,(H,28,31)/t18?,19-,20+,22?,26-,27?/m0/s1. The van der Waals surface area contributed by atoms with E-state index in [1.165, 1.54) is 0 Å². The molecule has 2 bridgehead atoms. The monoisotopic (exact) mass is 486 g/mol. The van der Waals surface area contributed by atoms with E-state index in [1.807, 2.05) is 45.9 Å². The molecule has 192 valence electrons. The summed E-state index contributed by atoms with van der Waals surface area (Å²) in [6.07, 6.45) is 2.54. The van der Waals surface area contributed by atoms with Crippen LogP contribution in [-0.2, 0) is 23.9 Å². The number of unbranched alkanes of at least 4 members (excludes halogenated alkanes) is 2. The summed E-state index contributed by atoms with van der Waals surface area (Å²) >= 11 is 0.